The Bertz CT molecular complexity index is 732. The number of carbonyl (C=O) groups excluding carboxylic acids is 1. The molecule has 1 aromatic carbocycles. The molecule has 0 amide bonds. The molecule has 6 nitrogen and oxygen atoms in total. The number of aliphatic hydroxyl groups excluding tert-OH is 1. The molecule has 120 valence electrons. The Kier molecular flexibility index (Phi) is 5.18. The molecule has 2 rings (SSSR count). The molecular formula is C13H13Br2NO5S. The molecule has 1 aromatic rings. The largest absolute Gasteiger partial charge is 0.506 e. The number of hydrogen-bond donors (Lipinski definition) is 1. The lowest BCUT2D eigenvalue weighted by Crippen LogP contribution is -2.41. The van der Waals surface area contributed by atoms with Crippen LogP contribution >= 0.6 is 31.9 Å². The van der Waals surface area contributed by atoms with Crippen LogP contribution in [0.3, 0.4) is 0 Å². The number of nitrogens with zero attached hydrogens (tertiary/aromatic N) is 1. The van der Waals surface area contributed by atoms with Gasteiger partial charge in [0.15, 0.2) is 5.76 Å². The van der Waals surface area contributed by atoms with Gasteiger partial charge in [-0.05, 0) is 12.1 Å². The van der Waals surface area contributed by atoms with E-state index in [0.29, 0.717) is 11.0 Å². The number of para-hydroxylation sites is 1. The average Bonchev–Trinajstić information content (AvgIpc) is 2.50. The number of aliphatic hydroxyl groups is 1. The summed E-state index contributed by atoms with van der Waals surface area (Å²) in [6, 6.07) is 6.43. The number of methoxy groups -OCH3 is 1. The number of fused-ring (bicyclic) bond motifs is 1. The molecule has 1 N–H and O–H groups in total. The molecule has 0 saturated heterocycles. The van der Waals surface area contributed by atoms with E-state index < -0.39 is 26.7 Å². The Balaban J connectivity index is 2.70. The normalized spacial score (nSPS) is 17.9. The molecule has 0 saturated carbocycles. The molecule has 9 heteroatoms. The molecule has 1 heterocycles. The monoisotopic (exact) mass is 453 g/mol. The summed E-state index contributed by atoms with van der Waals surface area (Å²) in [5.74, 6) is -1.69. The minimum atomic E-state index is -4.21. The number of halogens is 2. The summed E-state index contributed by atoms with van der Waals surface area (Å²) < 4.78 is 31.0. The number of carbonyl (C=O) groups is 1. The minimum absolute atomic E-state index is 0.0956. The van der Waals surface area contributed by atoms with Crippen molar-refractivity contribution in [3.63, 3.8) is 0 Å². The standard InChI is InChI=1S/C13H13Br2NO5S/c1-21-13(18)12-11(17)9-4-2-3-5-10(9)16(22(12,19)20)7-8(15)6-14/h2-5,8,17H,6-7H2,1H3. The minimum Gasteiger partial charge on any atom is -0.506 e. The summed E-state index contributed by atoms with van der Waals surface area (Å²) in [6.45, 7) is 0.0956. The summed E-state index contributed by atoms with van der Waals surface area (Å²) in [7, 11) is -3.14. The molecule has 1 aliphatic heterocycles. The van der Waals surface area contributed by atoms with Gasteiger partial charge >= 0.3 is 5.97 Å². The van der Waals surface area contributed by atoms with Crippen LogP contribution in [0.5, 0.6) is 0 Å². The predicted octanol–water partition coefficient (Wildman–Crippen LogP) is 2.39. The van der Waals surface area contributed by atoms with Crippen LogP contribution in [0, 0.1) is 0 Å². The third kappa shape index (κ3) is 2.89. The van der Waals surface area contributed by atoms with Gasteiger partial charge in [-0.3, -0.25) is 4.31 Å². The highest BCUT2D eigenvalue weighted by Gasteiger charge is 2.42. The summed E-state index contributed by atoms with van der Waals surface area (Å²) >= 11 is 6.62. The van der Waals surface area contributed by atoms with Crippen LogP contribution in [0.15, 0.2) is 29.2 Å². The lowest BCUT2D eigenvalue weighted by molar-refractivity contribution is -0.135. The van der Waals surface area contributed by atoms with Crippen molar-refractivity contribution in [2.45, 2.75) is 4.83 Å². The van der Waals surface area contributed by atoms with Gasteiger partial charge in [-0.2, -0.15) is 0 Å². The summed E-state index contributed by atoms with van der Waals surface area (Å²) in [5, 5.41) is 10.7. The second-order valence-electron chi connectivity index (χ2n) is 4.47. The number of anilines is 1. The van der Waals surface area contributed by atoms with Crippen LogP contribution < -0.4 is 4.31 Å². The summed E-state index contributed by atoms with van der Waals surface area (Å²) in [4.78, 5) is 10.9. The number of rotatable bonds is 4. The quantitative estimate of drug-likeness (QED) is 0.557. The van der Waals surface area contributed by atoms with Crippen LogP contribution in [-0.4, -0.2) is 43.3 Å². The van der Waals surface area contributed by atoms with Crippen LogP contribution in [0.2, 0.25) is 0 Å². The molecule has 1 atom stereocenters. The average molecular weight is 455 g/mol. The lowest BCUT2D eigenvalue weighted by Gasteiger charge is -2.32. The number of benzene rings is 1. The first-order chi connectivity index (χ1) is 10.3. The van der Waals surface area contributed by atoms with Crippen molar-refractivity contribution in [3.8, 4) is 0 Å². The third-order valence-corrected chi connectivity index (χ3v) is 7.16. The maximum atomic E-state index is 12.7. The Morgan fingerprint density at radius 2 is 2.05 bits per heavy atom. The topological polar surface area (TPSA) is 83.9 Å². The zero-order valence-electron chi connectivity index (χ0n) is 11.5. The smallest absolute Gasteiger partial charge is 0.355 e. The van der Waals surface area contributed by atoms with Crippen LogP contribution in [0.25, 0.3) is 5.76 Å². The maximum Gasteiger partial charge on any atom is 0.355 e. The van der Waals surface area contributed by atoms with E-state index in [2.05, 4.69) is 36.6 Å². The van der Waals surface area contributed by atoms with E-state index in [-0.39, 0.29) is 16.9 Å². The first-order valence-corrected chi connectivity index (χ1v) is 9.66. The molecule has 22 heavy (non-hydrogen) atoms. The van der Waals surface area contributed by atoms with Gasteiger partial charge in [-0.25, -0.2) is 13.2 Å². The molecule has 0 spiro atoms. The van der Waals surface area contributed by atoms with Crippen molar-refractivity contribution in [1.82, 2.24) is 0 Å². The highest BCUT2D eigenvalue weighted by Crippen LogP contribution is 2.39. The van der Waals surface area contributed by atoms with Crippen molar-refractivity contribution in [1.29, 1.82) is 0 Å². The summed E-state index contributed by atoms with van der Waals surface area (Å²) in [6.07, 6.45) is 0. The van der Waals surface area contributed by atoms with Crippen molar-refractivity contribution >= 4 is 59.3 Å². The Morgan fingerprint density at radius 3 is 2.64 bits per heavy atom. The fraction of sp³-hybridized carbons (Fsp3) is 0.308. The second kappa shape index (κ2) is 6.59. The van der Waals surface area contributed by atoms with Crippen molar-refractivity contribution in [2.75, 3.05) is 23.3 Å². The fourth-order valence-electron chi connectivity index (χ4n) is 2.10. The van der Waals surface area contributed by atoms with Crippen LogP contribution in [-0.2, 0) is 19.6 Å². The van der Waals surface area contributed by atoms with Gasteiger partial charge in [0.1, 0.15) is 0 Å². The number of ether oxygens (including phenoxy) is 1. The van der Waals surface area contributed by atoms with E-state index in [0.717, 1.165) is 11.4 Å². The van der Waals surface area contributed by atoms with E-state index in [4.69, 9.17) is 0 Å². The second-order valence-corrected chi connectivity index (χ2v) is 8.22. The molecule has 0 aromatic heterocycles. The molecule has 0 radical (unpaired) electrons. The number of sulfonamides is 1. The zero-order chi connectivity index (χ0) is 16.5. The van der Waals surface area contributed by atoms with E-state index in [1.165, 1.54) is 0 Å². The maximum absolute atomic E-state index is 12.7. The molecule has 1 aliphatic rings. The Morgan fingerprint density at radius 1 is 1.41 bits per heavy atom. The van der Waals surface area contributed by atoms with E-state index in [9.17, 15) is 18.3 Å². The van der Waals surface area contributed by atoms with Crippen molar-refractivity contribution in [2.24, 2.45) is 0 Å². The fourth-order valence-corrected chi connectivity index (χ4v) is 4.44. The van der Waals surface area contributed by atoms with Gasteiger partial charge in [0.25, 0.3) is 10.0 Å². The molecule has 0 bridgehead atoms. The highest BCUT2D eigenvalue weighted by atomic mass is 79.9. The van der Waals surface area contributed by atoms with E-state index in [1.54, 1.807) is 24.3 Å². The zero-order valence-corrected chi connectivity index (χ0v) is 15.5. The first-order valence-electron chi connectivity index (χ1n) is 6.18. The van der Waals surface area contributed by atoms with Crippen molar-refractivity contribution < 1.29 is 23.1 Å². The number of alkyl halides is 2. The first kappa shape index (κ1) is 17.3. The van der Waals surface area contributed by atoms with Gasteiger partial charge < -0.3 is 9.84 Å². The van der Waals surface area contributed by atoms with Crippen molar-refractivity contribution in [3.05, 3.63) is 34.7 Å². The predicted molar refractivity (Wildman–Crippen MR) is 90.8 cm³/mol. The van der Waals surface area contributed by atoms with Gasteiger partial charge in [-0.15, -0.1) is 0 Å². The van der Waals surface area contributed by atoms with Gasteiger partial charge in [0.2, 0.25) is 4.91 Å². The molecular weight excluding hydrogens is 442 g/mol. The van der Waals surface area contributed by atoms with Crippen LogP contribution in [0.1, 0.15) is 5.56 Å². The molecule has 1 unspecified atom stereocenters. The van der Waals surface area contributed by atoms with Gasteiger partial charge in [0.05, 0.1) is 12.8 Å². The molecule has 0 aliphatic carbocycles. The SMILES string of the molecule is COC(=O)C1=C(O)c2ccccc2N(CC(Br)CBr)S1(=O)=O. The van der Waals surface area contributed by atoms with Crippen LogP contribution in [0.4, 0.5) is 5.69 Å². The number of esters is 1. The van der Waals surface area contributed by atoms with E-state index in [1.807, 2.05) is 0 Å². The van der Waals surface area contributed by atoms with Gasteiger partial charge in [-0.1, -0.05) is 44.0 Å². The Hall–Kier alpha value is -1.06. The third-order valence-electron chi connectivity index (χ3n) is 3.09. The molecule has 0 fully saturated rings. The summed E-state index contributed by atoms with van der Waals surface area (Å²) in [5.41, 5.74) is 0.588. The highest BCUT2D eigenvalue weighted by molar-refractivity contribution is 9.12. The number of hydrogen-bond acceptors (Lipinski definition) is 5. The van der Waals surface area contributed by atoms with Gasteiger partial charge in [0, 0.05) is 22.3 Å². The Labute approximate surface area is 145 Å². The van der Waals surface area contributed by atoms with E-state index >= 15 is 0 Å². The lowest BCUT2D eigenvalue weighted by atomic mass is 10.1.